The zero-order valence-corrected chi connectivity index (χ0v) is 11.2. The third-order valence-electron chi connectivity index (χ3n) is 3.34. The van der Waals surface area contributed by atoms with Crippen LogP contribution in [0.2, 0.25) is 0 Å². The Balaban J connectivity index is 2.31. The lowest BCUT2D eigenvalue weighted by atomic mass is 9.92. The Bertz CT molecular complexity index is 553. The normalized spacial score (nSPS) is 19.1. The smallest absolute Gasteiger partial charge is 0.328 e. The number of amides is 3. The van der Waals surface area contributed by atoms with Crippen LogP contribution in [0.4, 0.5) is 16.2 Å². The minimum absolute atomic E-state index is 0.0842. The Morgan fingerprint density at radius 3 is 2.40 bits per heavy atom. The molecule has 0 aliphatic carbocycles. The maximum absolute atomic E-state index is 12.3. The number of carbonyl (C=O) groups is 2. The van der Waals surface area contributed by atoms with E-state index in [0.29, 0.717) is 12.2 Å². The molecule has 1 aromatic carbocycles. The lowest BCUT2D eigenvalue weighted by Gasteiger charge is -2.33. The average molecular weight is 277 g/mol. The number of nitrogens with one attached hydrogen (secondary N) is 1. The second-order valence-electron chi connectivity index (χ2n) is 4.98. The number of nitrogens with zero attached hydrogens (tertiary/aromatic N) is 2. The number of nitro benzene ring substituents is 1. The lowest BCUT2D eigenvalue weighted by Crippen LogP contribution is -2.56. The fourth-order valence-corrected chi connectivity index (χ4v) is 2.12. The molecule has 7 nitrogen and oxygen atoms in total. The highest BCUT2D eigenvalue weighted by Gasteiger charge is 2.36. The van der Waals surface area contributed by atoms with Crippen molar-refractivity contribution in [2.45, 2.75) is 13.8 Å². The Morgan fingerprint density at radius 1 is 1.30 bits per heavy atom. The standard InChI is InChI=1S/C13H15N3O4/c1-8(2)11-7-14-13(18)15(12(11)17)9-3-5-10(6-4-9)16(19)20/h3-6,8,11H,7H2,1-2H3,(H,14,18). The molecule has 7 heteroatoms. The molecule has 20 heavy (non-hydrogen) atoms. The predicted octanol–water partition coefficient (Wildman–Crippen LogP) is 1.92. The first-order valence-electron chi connectivity index (χ1n) is 6.28. The number of carbonyl (C=O) groups excluding carboxylic acids is 2. The number of urea groups is 1. The summed E-state index contributed by atoms with van der Waals surface area (Å²) in [5, 5.41) is 13.3. The molecule has 0 saturated carbocycles. The molecule has 1 atom stereocenters. The first kappa shape index (κ1) is 14.0. The van der Waals surface area contributed by atoms with Gasteiger partial charge in [-0.2, -0.15) is 0 Å². The van der Waals surface area contributed by atoms with E-state index < -0.39 is 11.0 Å². The Labute approximate surface area is 115 Å². The zero-order chi connectivity index (χ0) is 14.9. The van der Waals surface area contributed by atoms with Gasteiger partial charge in [0.25, 0.3) is 5.69 Å². The highest BCUT2D eigenvalue weighted by atomic mass is 16.6. The zero-order valence-electron chi connectivity index (χ0n) is 11.2. The lowest BCUT2D eigenvalue weighted by molar-refractivity contribution is -0.384. The maximum Gasteiger partial charge on any atom is 0.328 e. The molecule has 1 fully saturated rings. The second kappa shape index (κ2) is 5.28. The number of hydrogen-bond donors (Lipinski definition) is 1. The maximum atomic E-state index is 12.3. The van der Waals surface area contributed by atoms with E-state index in [1.54, 1.807) is 0 Å². The Hall–Kier alpha value is -2.44. The van der Waals surface area contributed by atoms with Gasteiger partial charge in [0.05, 0.1) is 16.5 Å². The summed E-state index contributed by atoms with van der Waals surface area (Å²) in [7, 11) is 0. The average Bonchev–Trinajstić information content (AvgIpc) is 2.38. The molecule has 1 heterocycles. The molecule has 0 aromatic heterocycles. The minimum Gasteiger partial charge on any atom is -0.337 e. The molecule has 1 aromatic rings. The third-order valence-corrected chi connectivity index (χ3v) is 3.34. The van der Waals surface area contributed by atoms with Gasteiger partial charge in [-0.1, -0.05) is 13.8 Å². The van der Waals surface area contributed by atoms with Gasteiger partial charge in [0, 0.05) is 18.7 Å². The van der Waals surface area contributed by atoms with E-state index in [9.17, 15) is 19.7 Å². The van der Waals surface area contributed by atoms with Gasteiger partial charge in [-0.15, -0.1) is 0 Å². The van der Waals surface area contributed by atoms with Crippen LogP contribution in [0.3, 0.4) is 0 Å². The van der Waals surface area contributed by atoms with Crippen molar-refractivity contribution in [3.8, 4) is 0 Å². The fraction of sp³-hybridized carbons (Fsp3) is 0.385. The highest BCUT2D eigenvalue weighted by Crippen LogP contribution is 2.25. The van der Waals surface area contributed by atoms with Crippen LogP contribution in [-0.2, 0) is 4.79 Å². The predicted molar refractivity (Wildman–Crippen MR) is 72.3 cm³/mol. The SMILES string of the molecule is CC(C)C1CNC(=O)N(c2ccc([N+](=O)[O-])cc2)C1=O. The van der Waals surface area contributed by atoms with Gasteiger partial charge in [0.15, 0.2) is 0 Å². The topological polar surface area (TPSA) is 92.6 Å². The molecule has 0 radical (unpaired) electrons. The largest absolute Gasteiger partial charge is 0.337 e. The van der Waals surface area contributed by atoms with Gasteiger partial charge < -0.3 is 5.32 Å². The summed E-state index contributed by atoms with van der Waals surface area (Å²) in [6, 6.07) is 4.85. The highest BCUT2D eigenvalue weighted by molar-refractivity contribution is 6.16. The van der Waals surface area contributed by atoms with Crippen molar-refractivity contribution >= 4 is 23.3 Å². The molecule has 106 valence electrons. The van der Waals surface area contributed by atoms with Crippen LogP contribution in [0.25, 0.3) is 0 Å². The van der Waals surface area contributed by atoms with Crippen LogP contribution in [0.1, 0.15) is 13.8 Å². The molecule has 1 saturated heterocycles. The van der Waals surface area contributed by atoms with E-state index in [-0.39, 0.29) is 23.4 Å². The molecule has 2 rings (SSSR count). The van der Waals surface area contributed by atoms with E-state index in [1.165, 1.54) is 24.3 Å². The van der Waals surface area contributed by atoms with Crippen molar-refractivity contribution in [2.75, 3.05) is 11.4 Å². The summed E-state index contributed by atoms with van der Waals surface area (Å²) in [5.41, 5.74) is 0.252. The van der Waals surface area contributed by atoms with E-state index in [2.05, 4.69) is 5.32 Å². The summed E-state index contributed by atoms with van der Waals surface area (Å²) in [6.45, 7) is 4.14. The molecular formula is C13H15N3O4. The van der Waals surface area contributed by atoms with Crippen molar-refractivity contribution in [3.05, 3.63) is 34.4 Å². The van der Waals surface area contributed by atoms with E-state index in [0.717, 1.165) is 4.90 Å². The van der Waals surface area contributed by atoms with Gasteiger partial charge in [-0.3, -0.25) is 14.9 Å². The van der Waals surface area contributed by atoms with Crippen LogP contribution in [0.15, 0.2) is 24.3 Å². The molecule has 0 bridgehead atoms. The summed E-state index contributed by atoms with van der Waals surface area (Å²) < 4.78 is 0. The number of hydrogen-bond acceptors (Lipinski definition) is 4. The number of anilines is 1. The van der Waals surface area contributed by atoms with Crippen molar-refractivity contribution in [1.29, 1.82) is 0 Å². The summed E-state index contributed by atoms with van der Waals surface area (Å²) in [6.07, 6.45) is 0. The van der Waals surface area contributed by atoms with Crippen molar-refractivity contribution in [1.82, 2.24) is 5.32 Å². The van der Waals surface area contributed by atoms with Crippen molar-refractivity contribution < 1.29 is 14.5 Å². The number of rotatable bonds is 3. The van der Waals surface area contributed by atoms with Crippen LogP contribution < -0.4 is 10.2 Å². The van der Waals surface area contributed by atoms with E-state index in [1.807, 2.05) is 13.8 Å². The first-order chi connectivity index (χ1) is 9.41. The van der Waals surface area contributed by atoms with Crippen LogP contribution in [0, 0.1) is 22.0 Å². The molecule has 1 aliphatic rings. The van der Waals surface area contributed by atoms with Gasteiger partial charge in [0.2, 0.25) is 5.91 Å². The number of imide groups is 1. The van der Waals surface area contributed by atoms with Gasteiger partial charge >= 0.3 is 6.03 Å². The summed E-state index contributed by atoms with van der Waals surface area (Å²) in [4.78, 5) is 35.3. The second-order valence-corrected chi connectivity index (χ2v) is 4.98. The van der Waals surface area contributed by atoms with Gasteiger partial charge in [0.1, 0.15) is 0 Å². The van der Waals surface area contributed by atoms with E-state index in [4.69, 9.17) is 0 Å². The number of non-ortho nitro benzene ring substituents is 1. The summed E-state index contributed by atoms with van der Waals surface area (Å²) in [5.74, 6) is -0.468. The van der Waals surface area contributed by atoms with Crippen molar-refractivity contribution in [2.24, 2.45) is 11.8 Å². The van der Waals surface area contributed by atoms with Crippen molar-refractivity contribution in [3.63, 3.8) is 0 Å². The fourth-order valence-electron chi connectivity index (χ4n) is 2.12. The molecule has 1 aliphatic heterocycles. The first-order valence-corrected chi connectivity index (χ1v) is 6.28. The molecule has 3 amide bonds. The van der Waals surface area contributed by atoms with E-state index >= 15 is 0 Å². The molecule has 1 N–H and O–H groups in total. The monoisotopic (exact) mass is 277 g/mol. The van der Waals surface area contributed by atoms with Gasteiger partial charge in [-0.25, -0.2) is 9.69 Å². The van der Waals surface area contributed by atoms with Crippen LogP contribution in [0.5, 0.6) is 0 Å². The van der Waals surface area contributed by atoms with Crippen LogP contribution >= 0.6 is 0 Å². The Kier molecular flexibility index (Phi) is 3.69. The van der Waals surface area contributed by atoms with Crippen LogP contribution in [-0.4, -0.2) is 23.4 Å². The quantitative estimate of drug-likeness (QED) is 0.674. The Morgan fingerprint density at radius 2 is 1.90 bits per heavy atom. The third kappa shape index (κ3) is 2.47. The molecule has 0 spiro atoms. The van der Waals surface area contributed by atoms with Gasteiger partial charge in [-0.05, 0) is 18.1 Å². The minimum atomic E-state index is -0.529. The number of nitro groups is 1. The number of benzene rings is 1. The molecule has 1 unspecified atom stereocenters. The summed E-state index contributed by atoms with van der Waals surface area (Å²) >= 11 is 0. The molecular weight excluding hydrogens is 262 g/mol.